The molecule has 1 aromatic carbocycles. The van der Waals surface area contributed by atoms with E-state index in [0.717, 1.165) is 5.56 Å². The lowest BCUT2D eigenvalue weighted by molar-refractivity contribution is -0.114. The largest absolute Gasteiger partial charge is 0.445 e. The molecule has 88 valence electrons. The van der Waals surface area contributed by atoms with Crippen LogP contribution in [0.1, 0.15) is 12.0 Å². The molecule has 0 spiro atoms. The first-order valence-corrected chi connectivity index (χ1v) is 5.42. The Morgan fingerprint density at radius 2 is 2.12 bits per heavy atom. The molecular formula is C13H13NO3. The summed E-state index contributed by atoms with van der Waals surface area (Å²) in [6.45, 7) is 0.233. The van der Waals surface area contributed by atoms with E-state index in [2.05, 4.69) is 5.32 Å². The van der Waals surface area contributed by atoms with Crippen molar-refractivity contribution in [3.63, 3.8) is 0 Å². The maximum absolute atomic E-state index is 11.4. The molecule has 0 heterocycles. The van der Waals surface area contributed by atoms with Gasteiger partial charge in [-0.15, -0.1) is 0 Å². The van der Waals surface area contributed by atoms with E-state index in [9.17, 15) is 9.59 Å². The molecule has 0 aliphatic heterocycles. The summed E-state index contributed by atoms with van der Waals surface area (Å²) in [6, 6.07) is 9.20. The van der Waals surface area contributed by atoms with Crippen molar-refractivity contribution in [2.45, 2.75) is 19.1 Å². The first kappa shape index (κ1) is 11.4. The molecule has 1 aromatic rings. The van der Waals surface area contributed by atoms with Gasteiger partial charge in [-0.05, 0) is 11.6 Å². The van der Waals surface area contributed by atoms with Gasteiger partial charge in [0.1, 0.15) is 6.61 Å². The highest BCUT2D eigenvalue weighted by molar-refractivity contribution is 5.93. The summed E-state index contributed by atoms with van der Waals surface area (Å²) in [6.07, 6.45) is 2.97. The summed E-state index contributed by atoms with van der Waals surface area (Å²) in [4.78, 5) is 22.3. The first-order chi connectivity index (χ1) is 8.24. The lowest BCUT2D eigenvalue weighted by atomic mass is 10.2. The smallest absolute Gasteiger partial charge is 0.407 e. The number of rotatable bonds is 3. The van der Waals surface area contributed by atoms with Crippen LogP contribution in [0.15, 0.2) is 42.5 Å². The van der Waals surface area contributed by atoms with Crippen LogP contribution < -0.4 is 5.32 Å². The molecule has 0 saturated heterocycles. The summed E-state index contributed by atoms with van der Waals surface area (Å²) in [5.74, 6) is 0.0263. The van der Waals surface area contributed by atoms with E-state index in [4.69, 9.17) is 4.74 Å². The van der Waals surface area contributed by atoms with Crippen LogP contribution in [-0.4, -0.2) is 17.9 Å². The second kappa shape index (κ2) is 5.30. The van der Waals surface area contributed by atoms with Crippen molar-refractivity contribution in [1.29, 1.82) is 0 Å². The Bertz CT molecular complexity index is 439. The number of benzene rings is 1. The maximum atomic E-state index is 11.4. The van der Waals surface area contributed by atoms with Crippen molar-refractivity contribution in [1.82, 2.24) is 5.32 Å². The average Bonchev–Trinajstić information content (AvgIpc) is 2.73. The number of amides is 1. The molecule has 2 rings (SSSR count). The molecule has 1 amide bonds. The van der Waals surface area contributed by atoms with Crippen LogP contribution in [0.3, 0.4) is 0 Å². The highest BCUT2D eigenvalue weighted by Gasteiger charge is 2.18. The SMILES string of the molecule is O=C1C=C[C@@H](NC(=O)OCc2ccccc2)C1. The van der Waals surface area contributed by atoms with Crippen molar-refractivity contribution in [3.05, 3.63) is 48.0 Å². The van der Waals surface area contributed by atoms with Crippen LogP contribution in [0, 0.1) is 0 Å². The van der Waals surface area contributed by atoms with Gasteiger partial charge in [-0.25, -0.2) is 4.79 Å². The maximum Gasteiger partial charge on any atom is 0.407 e. The zero-order valence-electron chi connectivity index (χ0n) is 9.26. The molecule has 4 heteroatoms. The fourth-order valence-corrected chi connectivity index (χ4v) is 1.59. The van der Waals surface area contributed by atoms with Crippen LogP contribution in [0.25, 0.3) is 0 Å². The van der Waals surface area contributed by atoms with Gasteiger partial charge < -0.3 is 10.1 Å². The van der Waals surface area contributed by atoms with Crippen molar-refractivity contribution < 1.29 is 14.3 Å². The molecule has 1 aliphatic carbocycles. The third kappa shape index (κ3) is 3.45. The van der Waals surface area contributed by atoms with E-state index in [1.165, 1.54) is 6.08 Å². The predicted octanol–water partition coefficient (Wildman–Crippen LogP) is 1.81. The van der Waals surface area contributed by atoms with Crippen LogP contribution in [0.4, 0.5) is 4.79 Å². The van der Waals surface area contributed by atoms with E-state index in [1.54, 1.807) is 6.08 Å². The Kier molecular flexibility index (Phi) is 3.55. The van der Waals surface area contributed by atoms with Crippen LogP contribution >= 0.6 is 0 Å². The topological polar surface area (TPSA) is 55.4 Å². The van der Waals surface area contributed by atoms with Gasteiger partial charge in [-0.3, -0.25) is 4.79 Å². The van der Waals surface area contributed by atoms with Gasteiger partial charge in [0, 0.05) is 6.42 Å². The zero-order valence-corrected chi connectivity index (χ0v) is 9.26. The summed E-state index contributed by atoms with van der Waals surface area (Å²) in [5.41, 5.74) is 0.931. The van der Waals surface area contributed by atoms with Gasteiger partial charge in [0.05, 0.1) is 6.04 Å². The van der Waals surface area contributed by atoms with Gasteiger partial charge in [-0.1, -0.05) is 36.4 Å². The second-order valence-electron chi connectivity index (χ2n) is 3.84. The van der Waals surface area contributed by atoms with Crippen molar-refractivity contribution >= 4 is 11.9 Å². The van der Waals surface area contributed by atoms with Crippen LogP contribution in [0.5, 0.6) is 0 Å². The fourth-order valence-electron chi connectivity index (χ4n) is 1.59. The van der Waals surface area contributed by atoms with Gasteiger partial charge >= 0.3 is 6.09 Å². The third-order valence-electron chi connectivity index (χ3n) is 2.45. The molecule has 1 aliphatic rings. The molecule has 0 fully saturated rings. The van der Waals surface area contributed by atoms with Crippen molar-refractivity contribution in [2.75, 3.05) is 0 Å². The van der Waals surface area contributed by atoms with Gasteiger partial charge in [-0.2, -0.15) is 0 Å². The number of allylic oxidation sites excluding steroid dienone is 1. The van der Waals surface area contributed by atoms with E-state index >= 15 is 0 Å². The highest BCUT2D eigenvalue weighted by atomic mass is 16.5. The number of nitrogens with one attached hydrogen (secondary N) is 1. The normalized spacial score (nSPS) is 18.1. The quantitative estimate of drug-likeness (QED) is 0.863. The summed E-state index contributed by atoms with van der Waals surface area (Å²) in [7, 11) is 0. The summed E-state index contributed by atoms with van der Waals surface area (Å²) >= 11 is 0. The highest BCUT2D eigenvalue weighted by Crippen LogP contribution is 2.06. The van der Waals surface area contributed by atoms with Crippen LogP contribution in [-0.2, 0) is 16.1 Å². The number of carbonyl (C=O) groups is 2. The number of ketones is 1. The molecule has 1 N–H and O–H groups in total. The van der Waals surface area contributed by atoms with E-state index in [0.29, 0.717) is 6.42 Å². The minimum atomic E-state index is -0.502. The third-order valence-corrected chi connectivity index (χ3v) is 2.45. The molecule has 0 bridgehead atoms. The minimum Gasteiger partial charge on any atom is -0.445 e. The zero-order chi connectivity index (χ0) is 12.1. The Morgan fingerprint density at radius 3 is 2.76 bits per heavy atom. The van der Waals surface area contributed by atoms with Gasteiger partial charge in [0.25, 0.3) is 0 Å². The summed E-state index contributed by atoms with van der Waals surface area (Å²) in [5, 5.41) is 2.61. The van der Waals surface area contributed by atoms with Crippen molar-refractivity contribution in [3.8, 4) is 0 Å². The molecule has 0 aromatic heterocycles. The van der Waals surface area contributed by atoms with E-state index in [1.807, 2.05) is 30.3 Å². The molecular weight excluding hydrogens is 218 g/mol. The second-order valence-corrected chi connectivity index (χ2v) is 3.84. The number of hydrogen-bond acceptors (Lipinski definition) is 3. The number of hydrogen-bond donors (Lipinski definition) is 1. The summed E-state index contributed by atoms with van der Waals surface area (Å²) < 4.78 is 5.03. The monoisotopic (exact) mass is 231 g/mol. The molecule has 17 heavy (non-hydrogen) atoms. The molecule has 0 radical (unpaired) electrons. The fraction of sp³-hybridized carbons (Fsp3) is 0.231. The Labute approximate surface area is 99.3 Å². The van der Waals surface area contributed by atoms with E-state index in [-0.39, 0.29) is 18.4 Å². The molecule has 4 nitrogen and oxygen atoms in total. The lowest BCUT2D eigenvalue weighted by Gasteiger charge is -2.10. The lowest BCUT2D eigenvalue weighted by Crippen LogP contribution is -2.33. The minimum absolute atomic E-state index is 0.0263. The van der Waals surface area contributed by atoms with Gasteiger partial charge in [0.15, 0.2) is 5.78 Å². The first-order valence-electron chi connectivity index (χ1n) is 5.42. The number of carbonyl (C=O) groups excluding carboxylic acids is 2. The standard InChI is InChI=1S/C13H13NO3/c15-12-7-6-11(8-12)14-13(16)17-9-10-4-2-1-3-5-10/h1-7,11H,8-9H2,(H,14,16)/t11-/m1/s1. The Hall–Kier alpha value is -2.10. The van der Waals surface area contributed by atoms with Gasteiger partial charge in [0.2, 0.25) is 0 Å². The average molecular weight is 231 g/mol. The molecule has 0 unspecified atom stereocenters. The predicted molar refractivity (Wildman–Crippen MR) is 62.3 cm³/mol. The Balaban J connectivity index is 1.75. The van der Waals surface area contributed by atoms with Crippen LogP contribution in [0.2, 0.25) is 0 Å². The number of ether oxygens (including phenoxy) is 1. The molecule has 1 atom stereocenters. The van der Waals surface area contributed by atoms with Crippen molar-refractivity contribution in [2.24, 2.45) is 0 Å². The molecule has 0 saturated carbocycles. The Morgan fingerprint density at radius 1 is 1.35 bits per heavy atom. The number of alkyl carbamates (subject to hydrolysis) is 1. The van der Waals surface area contributed by atoms with E-state index < -0.39 is 6.09 Å².